The van der Waals surface area contributed by atoms with Crippen molar-refractivity contribution in [1.29, 1.82) is 0 Å². The van der Waals surface area contributed by atoms with E-state index in [0.29, 0.717) is 18.7 Å². The Labute approximate surface area is 207 Å². The molecule has 1 N–H and O–H groups in total. The van der Waals surface area contributed by atoms with E-state index in [-0.39, 0.29) is 24.0 Å². The number of nitrogens with one attached hydrogen (secondary N) is 1. The molecule has 0 radical (unpaired) electrons. The first-order valence-corrected chi connectivity index (χ1v) is 13.2. The number of carbonyl (C=O) groups is 1. The number of hydrogen-bond donors (Lipinski definition) is 1. The maximum absolute atomic E-state index is 14.0. The lowest BCUT2D eigenvalue weighted by atomic mass is 9.86. The molecule has 186 valence electrons. The summed E-state index contributed by atoms with van der Waals surface area (Å²) in [7, 11) is 0. The van der Waals surface area contributed by atoms with Gasteiger partial charge in [-0.05, 0) is 69.7 Å². The van der Waals surface area contributed by atoms with Crippen LogP contribution in [0.5, 0.6) is 0 Å². The number of ether oxygens (including phenoxy) is 2. The number of fused-ring (bicyclic) bond motifs is 4. The van der Waals surface area contributed by atoms with E-state index in [2.05, 4.69) is 53.3 Å². The van der Waals surface area contributed by atoms with Gasteiger partial charge in [-0.3, -0.25) is 9.69 Å². The van der Waals surface area contributed by atoms with E-state index in [1.807, 2.05) is 11.0 Å². The normalized spacial score (nSPS) is 27.9. The minimum Gasteiger partial charge on any atom is -0.376 e. The molecule has 0 spiro atoms. The number of amides is 1. The van der Waals surface area contributed by atoms with E-state index >= 15 is 0 Å². The molecular formula is C28H36N4O3. The standard InChI is InChI=1S/C28H36N4O3/c1-18(2)35-23-8-6-20(7-9-23)28(33)32-15-21-4-3-11-29-27(21)30-25-10-5-19(12-26(25)32)14-31-16-24-13-22(31)17-34-24/h3-5,10-12,18,20,22-24H,6-9,13-17H2,1-2H3,(H,29,30)/t20?,22-,23?,24-/m0/s1. The van der Waals surface area contributed by atoms with Gasteiger partial charge in [0.1, 0.15) is 5.82 Å². The number of benzene rings is 1. The molecule has 3 fully saturated rings. The molecule has 35 heavy (non-hydrogen) atoms. The Kier molecular flexibility index (Phi) is 6.25. The van der Waals surface area contributed by atoms with E-state index < -0.39 is 0 Å². The predicted octanol–water partition coefficient (Wildman–Crippen LogP) is 4.63. The molecule has 2 bridgehead atoms. The molecule has 2 atom stereocenters. The lowest BCUT2D eigenvalue weighted by Gasteiger charge is -2.33. The molecule has 6 rings (SSSR count). The monoisotopic (exact) mass is 476 g/mol. The van der Waals surface area contributed by atoms with Crippen LogP contribution < -0.4 is 10.2 Å². The molecule has 2 aromatic rings. The molecule has 1 aromatic carbocycles. The summed E-state index contributed by atoms with van der Waals surface area (Å²) in [4.78, 5) is 23.1. The summed E-state index contributed by atoms with van der Waals surface area (Å²) >= 11 is 0. The first-order valence-electron chi connectivity index (χ1n) is 13.2. The van der Waals surface area contributed by atoms with E-state index in [9.17, 15) is 4.79 Å². The average molecular weight is 477 g/mol. The molecule has 2 saturated heterocycles. The minimum absolute atomic E-state index is 0.0307. The maximum Gasteiger partial charge on any atom is 0.230 e. The number of pyridine rings is 1. The molecular weight excluding hydrogens is 440 g/mol. The highest BCUT2D eigenvalue weighted by molar-refractivity contribution is 5.99. The number of aromatic nitrogens is 1. The second-order valence-electron chi connectivity index (χ2n) is 10.8. The molecule has 7 heteroatoms. The zero-order chi connectivity index (χ0) is 23.9. The molecule has 4 heterocycles. The van der Waals surface area contributed by atoms with Crippen molar-refractivity contribution in [3.63, 3.8) is 0 Å². The molecule has 1 aromatic heterocycles. The second-order valence-corrected chi connectivity index (χ2v) is 10.8. The van der Waals surface area contributed by atoms with Gasteiger partial charge in [0, 0.05) is 36.8 Å². The van der Waals surface area contributed by atoms with Crippen LogP contribution in [-0.4, -0.2) is 53.3 Å². The van der Waals surface area contributed by atoms with Crippen molar-refractivity contribution in [3.05, 3.63) is 47.7 Å². The van der Waals surface area contributed by atoms with Crippen LogP contribution in [0.2, 0.25) is 0 Å². The number of rotatable bonds is 5. The summed E-state index contributed by atoms with van der Waals surface area (Å²) in [5.74, 6) is 1.08. The minimum atomic E-state index is 0.0307. The fourth-order valence-electron chi connectivity index (χ4n) is 6.22. The fraction of sp³-hybridized carbons (Fsp3) is 0.571. The smallest absolute Gasteiger partial charge is 0.230 e. The average Bonchev–Trinajstić information content (AvgIpc) is 3.43. The summed E-state index contributed by atoms with van der Waals surface area (Å²) < 4.78 is 11.8. The van der Waals surface area contributed by atoms with Crippen molar-refractivity contribution in [3.8, 4) is 0 Å². The van der Waals surface area contributed by atoms with Gasteiger partial charge < -0.3 is 19.7 Å². The Morgan fingerprint density at radius 2 is 2.09 bits per heavy atom. The Hall–Kier alpha value is -2.48. The van der Waals surface area contributed by atoms with Crippen LogP contribution in [0.15, 0.2) is 36.5 Å². The third-order valence-corrected chi connectivity index (χ3v) is 7.98. The molecule has 4 aliphatic rings. The van der Waals surface area contributed by atoms with Crippen molar-refractivity contribution < 1.29 is 14.3 Å². The Bertz CT molecular complexity index is 1080. The van der Waals surface area contributed by atoms with Gasteiger partial charge in [-0.15, -0.1) is 0 Å². The number of carbonyl (C=O) groups excluding carboxylic acids is 1. The lowest BCUT2D eigenvalue weighted by Crippen LogP contribution is -2.39. The molecule has 3 aliphatic heterocycles. The Balaban J connectivity index is 1.26. The molecule has 7 nitrogen and oxygen atoms in total. The van der Waals surface area contributed by atoms with Gasteiger partial charge in [-0.2, -0.15) is 0 Å². The van der Waals surface area contributed by atoms with Crippen LogP contribution in [0, 0.1) is 5.92 Å². The largest absolute Gasteiger partial charge is 0.376 e. The van der Waals surface area contributed by atoms with Gasteiger partial charge in [0.15, 0.2) is 0 Å². The first-order chi connectivity index (χ1) is 17.0. The first kappa shape index (κ1) is 23.0. The Morgan fingerprint density at radius 3 is 2.83 bits per heavy atom. The highest BCUT2D eigenvalue weighted by atomic mass is 16.5. The maximum atomic E-state index is 14.0. The summed E-state index contributed by atoms with van der Waals surface area (Å²) in [6.45, 7) is 7.44. The van der Waals surface area contributed by atoms with Crippen molar-refractivity contribution in [1.82, 2.24) is 9.88 Å². The van der Waals surface area contributed by atoms with Crippen LogP contribution in [0.4, 0.5) is 17.2 Å². The van der Waals surface area contributed by atoms with Gasteiger partial charge in [0.2, 0.25) is 5.91 Å². The highest BCUT2D eigenvalue weighted by Gasteiger charge is 2.39. The topological polar surface area (TPSA) is 66.9 Å². The van der Waals surface area contributed by atoms with Gasteiger partial charge in [0.25, 0.3) is 0 Å². The van der Waals surface area contributed by atoms with Crippen LogP contribution in [0.1, 0.15) is 57.1 Å². The van der Waals surface area contributed by atoms with Gasteiger partial charge in [-0.25, -0.2) is 4.98 Å². The van der Waals surface area contributed by atoms with Crippen LogP contribution in [0.25, 0.3) is 0 Å². The van der Waals surface area contributed by atoms with Crippen LogP contribution in [0.3, 0.4) is 0 Å². The van der Waals surface area contributed by atoms with Crippen LogP contribution >= 0.6 is 0 Å². The number of morpholine rings is 1. The predicted molar refractivity (Wildman–Crippen MR) is 136 cm³/mol. The number of hydrogen-bond acceptors (Lipinski definition) is 6. The van der Waals surface area contributed by atoms with Crippen molar-refractivity contribution in [2.75, 3.05) is 23.4 Å². The van der Waals surface area contributed by atoms with Gasteiger partial charge in [0.05, 0.1) is 42.8 Å². The van der Waals surface area contributed by atoms with Crippen molar-refractivity contribution in [2.45, 2.75) is 83.4 Å². The summed E-state index contributed by atoms with van der Waals surface area (Å²) in [5, 5.41) is 3.51. The quantitative estimate of drug-likeness (QED) is 0.679. The summed E-state index contributed by atoms with van der Waals surface area (Å²) in [6, 6.07) is 11.1. The van der Waals surface area contributed by atoms with Gasteiger partial charge in [-0.1, -0.05) is 12.1 Å². The van der Waals surface area contributed by atoms with E-state index in [4.69, 9.17) is 9.47 Å². The molecule has 1 saturated carbocycles. The van der Waals surface area contributed by atoms with Crippen molar-refractivity contribution in [2.24, 2.45) is 5.92 Å². The van der Waals surface area contributed by atoms with E-state index in [1.165, 1.54) is 5.56 Å². The SMILES string of the molecule is CC(C)OC1CCC(C(=O)N2Cc3cccnc3Nc3ccc(CN4C[C@@H]5C[C@H]4CO5)cc32)CC1. The third kappa shape index (κ3) is 4.69. The van der Waals surface area contributed by atoms with Crippen molar-refractivity contribution >= 4 is 23.1 Å². The fourth-order valence-corrected chi connectivity index (χ4v) is 6.22. The summed E-state index contributed by atoms with van der Waals surface area (Å²) in [6.07, 6.45) is 7.49. The summed E-state index contributed by atoms with van der Waals surface area (Å²) in [5.41, 5.74) is 4.20. The number of likely N-dealkylation sites (tertiary alicyclic amines) is 1. The Morgan fingerprint density at radius 1 is 1.23 bits per heavy atom. The number of nitrogens with zero attached hydrogens (tertiary/aromatic N) is 3. The van der Waals surface area contributed by atoms with Gasteiger partial charge >= 0.3 is 0 Å². The highest BCUT2D eigenvalue weighted by Crippen LogP contribution is 2.39. The van der Waals surface area contributed by atoms with E-state index in [1.54, 1.807) is 6.20 Å². The molecule has 0 unspecified atom stereocenters. The zero-order valence-corrected chi connectivity index (χ0v) is 20.8. The second kappa shape index (κ2) is 9.52. The van der Waals surface area contributed by atoms with Crippen LogP contribution in [-0.2, 0) is 27.4 Å². The molecule has 1 amide bonds. The third-order valence-electron chi connectivity index (χ3n) is 7.98. The molecule has 1 aliphatic carbocycles. The lowest BCUT2D eigenvalue weighted by molar-refractivity contribution is -0.124. The zero-order valence-electron chi connectivity index (χ0n) is 20.8. The van der Waals surface area contributed by atoms with E-state index in [0.717, 1.165) is 74.6 Å². The number of anilines is 3.